The number of nitrogens with zero attached hydrogens (tertiary/aromatic N) is 1. The van der Waals surface area contributed by atoms with E-state index in [1.165, 1.54) is 22.6 Å². The standard InChI is InChI=1S/C22H25N/c1-22(2,3)18-14-16-21(17-15-18)23(19-10-6-4-7-11-19)20-12-8-5-9-13-20/h4-8,10-12,14-17H,9,13H2,1-3H3. The molecule has 0 unspecified atom stereocenters. The van der Waals surface area contributed by atoms with Crippen LogP contribution in [0.2, 0.25) is 0 Å². The minimum absolute atomic E-state index is 0.183. The third-order valence-electron chi connectivity index (χ3n) is 4.28. The molecule has 1 heteroatoms. The molecule has 0 aromatic heterocycles. The first-order valence-corrected chi connectivity index (χ1v) is 8.37. The molecule has 0 amide bonds. The highest BCUT2D eigenvalue weighted by Gasteiger charge is 2.17. The van der Waals surface area contributed by atoms with Crippen molar-refractivity contribution in [1.82, 2.24) is 0 Å². The Bertz CT molecular complexity index is 700. The Morgan fingerprint density at radius 3 is 2.04 bits per heavy atom. The van der Waals surface area contributed by atoms with Gasteiger partial charge in [0.05, 0.1) is 0 Å². The van der Waals surface area contributed by atoms with E-state index in [-0.39, 0.29) is 5.41 Å². The van der Waals surface area contributed by atoms with E-state index in [1.807, 2.05) is 0 Å². The Morgan fingerprint density at radius 2 is 1.48 bits per heavy atom. The molecule has 0 aliphatic heterocycles. The van der Waals surface area contributed by atoms with Crippen LogP contribution in [0.4, 0.5) is 11.4 Å². The van der Waals surface area contributed by atoms with E-state index in [0.717, 1.165) is 12.8 Å². The molecule has 1 nitrogen and oxygen atoms in total. The fourth-order valence-corrected chi connectivity index (χ4v) is 2.94. The van der Waals surface area contributed by atoms with Gasteiger partial charge in [0, 0.05) is 17.1 Å². The molecule has 0 saturated carbocycles. The molecule has 0 saturated heterocycles. The van der Waals surface area contributed by atoms with E-state index >= 15 is 0 Å². The van der Waals surface area contributed by atoms with Gasteiger partial charge in [0.1, 0.15) is 0 Å². The molecule has 0 N–H and O–H groups in total. The van der Waals surface area contributed by atoms with Crippen molar-refractivity contribution in [2.75, 3.05) is 4.90 Å². The summed E-state index contributed by atoms with van der Waals surface area (Å²) in [6.07, 6.45) is 8.81. The zero-order chi connectivity index (χ0) is 16.3. The maximum absolute atomic E-state index is 2.37. The molecule has 118 valence electrons. The summed E-state index contributed by atoms with van der Waals surface area (Å²) in [5.74, 6) is 0. The summed E-state index contributed by atoms with van der Waals surface area (Å²) >= 11 is 0. The monoisotopic (exact) mass is 303 g/mol. The predicted molar refractivity (Wildman–Crippen MR) is 100 cm³/mol. The van der Waals surface area contributed by atoms with Crippen molar-refractivity contribution in [3.05, 3.63) is 84.1 Å². The summed E-state index contributed by atoms with van der Waals surface area (Å²) in [6.45, 7) is 6.77. The van der Waals surface area contributed by atoms with Crippen LogP contribution < -0.4 is 4.90 Å². The molecule has 0 spiro atoms. The molecule has 3 rings (SSSR count). The first-order valence-electron chi connectivity index (χ1n) is 8.37. The van der Waals surface area contributed by atoms with Gasteiger partial charge < -0.3 is 4.90 Å². The van der Waals surface area contributed by atoms with Crippen LogP contribution in [0.3, 0.4) is 0 Å². The van der Waals surface area contributed by atoms with Crippen LogP contribution in [0.1, 0.15) is 39.2 Å². The maximum atomic E-state index is 2.37. The van der Waals surface area contributed by atoms with Gasteiger partial charge in [-0.1, -0.05) is 63.3 Å². The Morgan fingerprint density at radius 1 is 0.826 bits per heavy atom. The van der Waals surface area contributed by atoms with Gasteiger partial charge in [-0.25, -0.2) is 0 Å². The van der Waals surface area contributed by atoms with Crippen LogP contribution in [0.25, 0.3) is 0 Å². The Kier molecular flexibility index (Phi) is 4.38. The van der Waals surface area contributed by atoms with Crippen LogP contribution in [0.5, 0.6) is 0 Å². The van der Waals surface area contributed by atoms with Crippen molar-refractivity contribution in [2.45, 2.75) is 39.0 Å². The van der Waals surface area contributed by atoms with Crippen LogP contribution in [0, 0.1) is 0 Å². The average Bonchev–Trinajstić information content (AvgIpc) is 2.57. The topological polar surface area (TPSA) is 3.24 Å². The van der Waals surface area contributed by atoms with Gasteiger partial charge in [-0.05, 0) is 54.2 Å². The fourth-order valence-electron chi connectivity index (χ4n) is 2.94. The predicted octanol–water partition coefficient (Wildman–Crippen LogP) is 6.36. The molecule has 23 heavy (non-hydrogen) atoms. The Hall–Kier alpha value is -2.28. The van der Waals surface area contributed by atoms with Crippen molar-refractivity contribution in [1.29, 1.82) is 0 Å². The number of rotatable bonds is 3. The van der Waals surface area contributed by atoms with E-state index in [9.17, 15) is 0 Å². The minimum atomic E-state index is 0.183. The van der Waals surface area contributed by atoms with Gasteiger partial charge in [-0.2, -0.15) is 0 Å². The second-order valence-electron chi connectivity index (χ2n) is 7.09. The highest BCUT2D eigenvalue weighted by atomic mass is 15.1. The lowest BCUT2D eigenvalue weighted by Crippen LogP contribution is -2.18. The smallest absolute Gasteiger partial charge is 0.0458 e. The van der Waals surface area contributed by atoms with E-state index in [4.69, 9.17) is 0 Å². The van der Waals surface area contributed by atoms with Crippen molar-refractivity contribution >= 4 is 11.4 Å². The molecule has 0 fully saturated rings. The number of benzene rings is 2. The second kappa shape index (κ2) is 6.45. The molecule has 2 aromatic carbocycles. The first-order chi connectivity index (χ1) is 11.1. The summed E-state index contributed by atoms with van der Waals surface area (Å²) < 4.78 is 0. The summed E-state index contributed by atoms with van der Waals surface area (Å²) in [5.41, 5.74) is 5.35. The third-order valence-corrected chi connectivity index (χ3v) is 4.28. The lowest BCUT2D eigenvalue weighted by Gasteiger charge is -2.29. The Labute approximate surface area is 140 Å². The van der Waals surface area contributed by atoms with E-state index in [2.05, 4.69) is 98.5 Å². The van der Waals surface area contributed by atoms with Gasteiger partial charge in [-0.15, -0.1) is 0 Å². The second-order valence-corrected chi connectivity index (χ2v) is 7.09. The van der Waals surface area contributed by atoms with Gasteiger partial charge in [0.2, 0.25) is 0 Å². The Balaban J connectivity index is 2.02. The number of hydrogen-bond donors (Lipinski definition) is 0. The average molecular weight is 303 g/mol. The van der Waals surface area contributed by atoms with E-state index < -0.39 is 0 Å². The molecule has 1 aliphatic rings. The lowest BCUT2D eigenvalue weighted by atomic mass is 9.87. The van der Waals surface area contributed by atoms with Gasteiger partial charge in [-0.3, -0.25) is 0 Å². The molecular weight excluding hydrogens is 278 g/mol. The quantitative estimate of drug-likeness (QED) is 0.638. The van der Waals surface area contributed by atoms with E-state index in [0.29, 0.717) is 0 Å². The number of anilines is 2. The van der Waals surface area contributed by atoms with Crippen LogP contribution in [-0.2, 0) is 5.41 Å². The molecule has 2 aromatic rings. The maximum Gasteiger partial charge on any atom is 0.0458 e. The number of hydrogen-bond acceptors (Lipinski definition) is 1. The van der Waals surface area contributed by atoms with Crippen molar-refractivity contribution in [3.63, 3.8) is 0 Å². The van der Waals surface area contributed by atoms with E-state index in [1.54, 1.807) is 0 Å². The molecule has 0 atom stereocenters. The largest absolute Gasteiger partial charge is 0.314 e. The molecule has 1 aliphatic carbocycles. The summed E-state index contributed by atoms with van der Waals surface area (Å²) in [5, 5.41) is 0. The zero-order valence-corrected chi connectivity index (χ0v) is 14.3. The normalized spacial score (nSPS) is 14.5. The highest BCUT2D eigenvalue weighted by Crippen LogP contribution is 2.34. The highest BCUT2D eigenvalue weighted by molar-refractivity contribution is 5.69. The van der Waals surface area contributed by atoms with Gasteiger partial charge in [0.25, 0.3) is 0 Å². The van der Waals surface area contributed by atoms with Crippen LogP contribution in [-0.4, -0.2) is 0 Å². The fraction of sp³-hybridized carbons (Fsp3) is 0.273. The minimum Gasteiger partial charge on any atom is -0.314 e. The molecule has 0 bridgehead atoms. The van der Waals surface area contributed by atoms with Crippen LogP contribution >= 0.6 is 0 Å². The summed E-state index contributed by atoms with van der Waals surface area (Å²) in [7, 11) is 0. The SMILES string of the molecule is CC(C)(C)c1ccc(N(C2=CC=CCC2)c2ccccc2)cc1. The lowest BCUT2D eigenvalue weighted by molar-refractivity contribution is 0.590. The summed E-state index contributed by atoms with van der Waals surface area (Å²) in [6, 6.07) is 19.6. The van der Waals surface area contributed by atoms with Gasteiger partial charge in [0.15, 0.2) is 0 Å². The van der Waals surface area contributed by atoms with Crippen LogP contribution in [0.15, 0.2) is 78.5 Å². The third kappa shape index (κ3) is 3.56. The number of para-hydroxylation sites is 1. The first kappa shape index (κ1) is 15.6. The molecule has 0 radical (unpaired) electrons. The van der Waals surface area contributed by atoms with Crippen molar-refractivity contribution in [3.8, 4) is 0 Å². The molecule has 0 heterocycles. The van der Waals surface area contributed by atoms with Crippen molar-refractivity contribution in [2.24, 2.45) is 0 Å². The number of allylic oxidation sites excluding steroid dienone is 4. The van der Waals surface area contributed by atoms with Crippen molar-refractivity contribution < 1.29 is 0 Å². The summed E-state index contributed by atoms with van der Waals surface area (Å²) in [4.78, 5) is 2.37. The zero-order valence-electron chi connectivity index (χ0n) is 14.3. The van der Waals surface area contributed by atoms with Gasteiger partial charge >= 0.3 is 0 Å². The molecular formula is C22H25N.